The molecule has 162 valence electrons. The summed E-state index contributed by atoms with van der Waals surface area (Å²) in [7, 11) is 0. The summed E-state index contributed by atoms with van der Waals surface area (Å²) in [6.45, 7) is 4.45. The lowest BCUT2D eigenvalue weighted by molar-refractivity contribution is 0.302. The summed E-state index contributed by atoms with van der Waals surface area (Å²) in [5.41, 5.74) is 4.71. The molecule has 1 saturated carbocycles. The fourth-order valence-corrected chi connectivity index (χ4v) is 4.55. The first-order valence-electron chi connectivity index (χ1n) is 12.5. The number of unbranched alkanes of at least 4 members (excludes halogenated alkanes) is 4. The van der Waals surface area contributed by atoms with Crippen LogP contribution in [0, 0.1) is 29.6 Å². The number of hydrogen-bond donors (Lipinski definition) is 0. The standard InChI is InChI=1S/C31H38/c1-3-5-7-9-11-27-18-22-30(23-19-27)31-24-20-29(21-25-31)17-16-28-14-12-26(13-15-28)10-8-6-4-2/h12-15,20-21,24-25,27,30H,3-7,9,11,18-19,22-23H2,1-2H3/t27-,30-. The first kappa shape index (κ1) is 23.2. The van der Waals surface area contributed by atoms with Gasteiger partial charge in [0.15, 0.2) is 0 Å². The number of benzene rings is 2. The summed E-state index contributed by atoms with van der Waals surface area (Å²) in [6, 6.07) is 17.3. The highest BCUT2D eigenvalue weighted by molar-refractivity contribution is 5.46. The zero-order chi connectivity index (χ0) is 21.7. The van der Waals surface area contributed by atoms with Gasteiger partial charge in [-0.05, 0) is 85.9 Å². The molecule has 2 aromatic carbocycles. The Kier molecular flexibility index (Phi) is 9.80. The first-order chi connectivity index (χ1) is 15.3. The monoisotopic (exact) mass is 410 g/mol. The third-order valence-electron chi connectivity index (χ3n) is 6.54. The van der Waals surface area contributed by atoms with E-state index in [2.05, 4.69) is 86.1 Å². The molecule has 0 amide bonds. The van der Waals surface area contributed by atoms with Gasteiger partial charge in [-0.15, -0.1) is 0 Å². The third kappa shape index (κ3) is 7.96. The second-order valence-electron chi connectivity index (χ2n) is 9.07. The van der Waals surface area contributed by atoms with Crippen LogP contribution in [-0.2, 0) is 0 Å². The maximum absolute atomic E-state index is 3.32. The molecule has 1 aliphatic rings. The Morgan fingerprint density at radius 3 is 1.81 bits per heavy atom. The highest BCUT2D eigenvalue weighted by Crippen LogP contribution is 2.37. The molecule has 0 N–H and O–H groups in total. The molecule has 3 rings (SSSR count). The summed E-state index contributed by atoms with van der Waals surface area (Å²) in [5.74, 6) is 14.7. The molecule has 0 heteroatoms. The molecule has 0 bridgehead atoms. The Morgan fingerprint density at radius 1 is 0.645 bits per heavy atom. The fourth-order valence-electron chi connectivity index (χ4n) is 4.55. The van der Waals surface area contributed by atoms with E-state index < -0.39 is 0 Å². The minimum absolute atomic E-state index is 0.746. The Hall–Kier alpha value is -2.44. The second-order valence-corrected chi connectivity index (χ2v) is 9.07. The average molecular weight is 411 g/mol. The SMILES string of the molecule is CCCC#Cc1ccc(C#Cc2ccc([C@H]3CC[C@H](CCCCCC)CC3)cc2)cc1. The van der Waals surface area contributed by atoms with E-state index in [1.54, 1.807) is 0 Å². The van der Waals surface area contributed by atoms with Gasteiger partial charge in [0.1, 0.15) is 0 Å². The molecular formula is C31H38. The van der Waals surface area contributed by atoms with Gasteiger partial charge in [0, 0.05) is 23.1 Å². The van der Waals surface area contributed by atoms with Crippen LogP contribution >= 0.6 is 0 Å². The quantitative estimate of drug-likeness (QED) is 0.317. The van der Waals surface area contributed by atoms with Crippen LogP contribution in [0.1, 0.15) is 113 Å². The molecule has 0 nitrogen and oxygen atoms in total. The smallest absolute Gasteiger partial charge is 0.0249 e. The van der Waals surface area contributed by atoms with Crippen molar-refractivity contribution in [3.8, 4) is 23.7 Å². The van der Waals surface area contributed by atoms with Crippen LogP contribution in [0.15, 0.2) is 48.5 Å². The molecule has 0 aromatic heterocycles. The maximum Gasteiger partial charge on any atom is 0.0249 e. The molecule has 0 heterocycles. The zero-order valence-corrected chi connectivity index (χ0v) is 19.6. The summed E-state index contributed by atoms with van der Waals surface area (Å²) in [6.07, 6.45) is 14.7. The van der Waals surface area contributed by atoms with E-state index in [1.807, 2.05) is 0 Å². The topological polar surface area (TPSA) is 0 Å². The zero-order valence-electron chi connectivity index (χ0n) is 19.6. The Balaban J connectivity index is 1.49. The number of rotatable bonds is 7. The van der Waals surface area contributed by atoms with Gasteiger partial charge >= 0.3 is 0 Å². The summed E-state index contributed by atoms with van der Waals surface area (Å²) in [4.78, 5) is 0. The molecule has 2 aromatic rings. The summed E-state index contributed by atoms with van der Waals surface area (Å²) < 4.78 is 0. The Labute approximate surface area is 190 Å². The van der Waals surface area contributed by atoms with Crippen LogP contribution in [0.2, 0.25) is 0 Å². The first-order valence-corrected chi connectivity index (χ1v) is 12.5. The van der Waals surface area contributed by atoms with Crippen LogP contribution < -0.4 is 0 Å². The summed E-state index contributed by atoms with van der Waals surface area (Å²) in [5, 5.41) is 0. The van der Waals surface area contributed by atoms with Crippen molar-refractivity contribution in [2.75, 3.05) is 0 Å². The van der Waals surface area contributed by atoms with E-state index in [9.17, 15) is 0 Å². The van der Waals surface area contributed by atoms with Crippen molar-refractivity contribution >= 4 is 0 Å². The highest BCUT2D eigenvalue weighted by atomic mass is 14.3. The van der Waals surface area contributed by atoms with Crippen LogP contribution in [0.5, 0.6) is 0 Å². The largest absolute Gasteiger partial charge is 0.0979 e. The minimum Gasteiger partial charge on any atom is -0.0979 e. The van der Waals surface area contributed by atoms with E-state index in [0.29, 0.717) is 0 Å². The Bertz CT molecular complexity index is 885. The van der Waals surface area contributed by atoms with Crippen molar-refractivity contribution in [2.24, 2.45) is 5.92 Å². The molecule has 0 spiro atoms. The predicted octanol–water partition coefficient (Wildman–Crippen LogP) is 8.48. The van der Waals surface area contributed by atoms with Crippen molar-refractivity contribution in [3.05, 3.63) is 70.8 Å². The lowest BCUT2D eigenvalue weighted by atomic mass is 9.77. The molecule has 1 aliphatic carbocycles. The van der Waals surface area contributed by atoms with Gasteiger partial charge in [-0.1, -0.05) is 81.8 Å². The number of hydrogen-bond acceptors (Lipinski definition) is 0. The van der Waals surface area contributed by atoms with Crippen molar-refractivity contribution in [1.82, 2.24) is 0 Å². The van der Waals surface area contributed by atoms with Crippen molar-refractivity contribution in [1.29, 1.82) is 0 Å². The maximum atomic E-state index is 3.32. The van der Waals surface area contributed by atoms with Gasteiger partial charge < -0.3 is 0 Å². The summed E-state index contributed by atoms with van der Waals surface area (Å²) >= 11 is 0. The second kappa shape index (κ2) is 13.1. The van der Waals surface area contributed by atoms with Gasteiger partial charge in [-0.25, -0.2) is 0 Å². The van der Waals surface area contributed by atoms with Crippen LogP contribution in [0.3, 0.4) is 0 Å². The molecule has 0 atom stereocenters. The highest BCUT2D eigenvalue weighted by Gasteiger charge is 2.21. The van der Waals surface area contributed by atoms with Crippen LogP contribution in [0.25, 0.3) is 0 Å². The molecular weight excluding hydrogens is 372 g/mol. The van der Waals surface area contributed by atoms with Gasteiger partial charge in [0.25, 0.3) is 0 Å². The van der Waals surface area contributed by atoms with Gasteiger partial charge in [0.05, 0.1) is 0 Å². The third-order valence-corrected chi connectivity index (χ3v) is 6.54. The lowest BCUT2D eigenvalue weighted by Crippen LogP contribution is -2.13. The van der Waals surface area contributed by atoms with E-state index >= 15 is 0 Å². The van der Waals surface area contributed by atoms with Crippen molar-refractivity contribution in [2.45, 2.75) is 90.4 Å². The Morgan fingerprint density at radius 2 is 1.23 bits per heavy atom. The van der Waals surface area contributed by atoms with Crippen LogP contribution in [-0.4, -0.2) is 0 Å². The predicted molar refractivity (Wildman–Crippen MR) is 134 cm³/mol. The van der Waals surface area contributed by atoms with E-state index in [4.69, 9.17) is 0 Å². The van der Waals surface area contributed by atoms with Gasteiger partial charge in [-0.2, -0.15) is 0 Å². The molecule has 0 unspecified atom stereocenters. The van der Waals surface area contributed by atoms with Crippen LogP contribution in [0.4, 0.5) is 0 Å². The van der Waals surface area contributed by atoms with Gasteiger partial charge in [-0.3, -0.25) is 0 Å². The molecule has 0 saturated heterocycles. The minimum atomic E-state index is 0.746. The van der Waals surface area contributed by atoms with Crippen molar-refractivity contribution < 1.29 is 0 Å². The molecule has 1 fully saturated rings. The van der Waals surface area contributed by atoms with E-state index in [0.717, 1.165) is 41.4 Å². The van der Waals surface area contributed by atoms with Crippen molar-refractivity contribution in [3.63, 3.8) is 0 Å². The molecule has 0 radical (unpaired) electrons. The lowest BCUT2D eigenvalue weighted by Gasteiger charge is -2.29. The fraction of sp³-hybridized carbons (Fsp3) is 0.484. The van der Waals surface area contributed by atoms with E-state index in [1.165, 1.54) is 63.4 Å². The average Bonchev–Trinajstić information content (AvgIpc) is 2.82. The van der Waals surface area contributed by atoms with Gasteiger partial charge in [0.2, 0.25) is 0 Å². The normalized spacial score (nSPS) is 17.9. The molecule has 0 aliphatic heterocycles. The molecule has 31 heavy (non-hydrogen) atoms. The van der Waals surface area contributed by atoms with E-state index in [-0.39, 0.29) is 0 Å².